The third-order valence-electron chi connectivity index (χ3n) is 5.16. The molecule has 1 heterocycles. The number of amides is 2. The molecule has 0 unspecified atom stereocenters. The van der Waals surface area contributed by atoms with E-state index in [1.54, 1.807) is 6.07 Å². The summed E-state index contributed by atoms with van der Waals surface area (Å²) in [4.78, 5) is 26.6. The summed E-state index contributed by atoms with van der Waals surface area (Å²) in [5, 5.41) is 4.12. The number of likely N-dealkylation sites (tertiary alicyclic amines) is 1. The Balaban J connectivity index is 1.76. The van der Waals surface area contributed by atoms with Crippen molar-refractivity contribution in [1.29, 1.82) is 0 Å². The highest BCUT2D eigenvalue weighted by atomic mass is 35.5. The molecule has 0 radical (unpaired) electrons. The number of halogens is 2. The summed E-state index contributed by atoms with van der Waals surface area (Å²) in [5.41, 5.74) is 0.889. The molecule has 2 rings (SSSR count). The van der Waals surface area contributed by atoms with Crippen molar-refractivity contribution in [3.63, 3.8) is 0 Å². The van der Waals surface area contributed by atoms with E-state index in [-0.39, 0.29) is 23.8 Å². The molecule has 6 heteroatoms. The van der Waals surface area contributed by atoms with Gasteiger partial charge in [-0.05, 0) is 43.7 Å². The van der Waals surface area contributed by atoms with E-state index in [2.05, 4.69) is 19.2 Å². The molecular formula is C20H28Cl2N2O2. The molecule has 0 bridgehead atoms. The van der Waals surface area contributed by atoms with Crippen LogP contribution in [0.15, 0.2) is 18.2 Å². The number of hydrogen-bond donors (Lipinski definition) is 1. The molecule has 0 aliphatic carbocycles. The van der Waals surface area contributed by atoms with Crippen LogP contribution in [0.25, 0.3) is 0 Å². The van der Waals surface area contributed by atoms with Crippen LogP contribution in [0, 0.1) is 5.92 Å². The topological polar surface area (TPSA) is 49.4 Å². The van der Waals surface area contributed by atoms with Gasteiger partial charge in [-0.15, -0.1) is 0 Å². The fourth-order valence-electron chi connectivity index (χ4n) is 3.43. The molecular weight excluding hydrogens is 371 g/mol. The Morgan fingerprint density at radius 1 is 1.19 bits per heavy atom. The van der Waals surface area contributed by atoms with Crippen LogP contribution >= 0.6 is 23.2 Å². The summed E-state index contributed by atoms with van der Waals surface area (Å²) in [5.74, 6) is 0.407. The molecule has 0 atom stereocenters. The quantitative estimate of drug-likeness (QED) is 0.736. The molecule has 144 valence electrons. The summed E-state index contributed by atoms with van der Waals surface area (Å²) < 4.78 is 0. The summed E-state index contributed by atoms with van der Waals surface area (Å²) in [6.07, 6.45) is 4.35. The van der Waals surface area contributed by atoms with Crippen molar-refractivity contribution in [2.24, 2.45) is 5.92 Å². The van der Waals surface area contributed by atoms with Gasteiger partial charge in [0, 0.05) is 31.5 Å². The maximum atomic E-state index is 12.4. The zero-order chi connectivity index (χ0) is 19.1. The van der Waals surface area contributed by atoms with Crippen molar-refractivity contribution < 1.29 is 9.59 Å². The second-order valence-electron chi connectivity index (χ2n) is 6.89. The normalized spacial score (nSPS) is 15.3. The number of benzene rings is 1. The SMILES string of the molecule is CCC(CC)C(=O)N1CCC(NC(=O)CCc2cccc(Cl)c2Cl)CC1. The lowest BCUT2D eigenvalue weighted by Gasteiger charge is -2.34. The smallest absolute Gasteiger partial charge is 0.225 e. The highest BCUT2D eigenvalue weighted by Crippen LogP contribution is 2.26. The van der Waals surface area contributed by atoms with Crippen LogP contribution in [0.4, 0.5) is 0 Å². The molecule has 1 aliphatic heterocycles. The Kier molecular flexibility index (Phi) is 8.23. The van der Waals surface area contributed by atoms with E-state index in [1.165, 1.54) is 0 Å². The first-order valence-electron chi connectivity index (χ1n) is 9.47. The average molecular weight is 399 g/mol. The van der Waals surface area contributed by atoms with Gasteiger partial charge in [-0.25, -0.2) is 0 Å². The fraction of sp³-hybridized carbons (Fsp3) is 0.600. The van der Waals surface area contributed by atoms with Crippen molar-refractivity contribution in [2.75, 3.05) is 13.1 Å². The van der Waals surface area contributed by atoms with Gasteiger partial charge in [-0.3, -0.25) is 9.59 Å². The van der Waals surface area contributed by atoms with E-state index in [4.69, 9.17) is 23.2 Å². The number of hydrogen-bond acceptors (Lipinski definition) is 2. The first-order chi connectivity index (χ1) is 12.5. The Labute approximate surface area is 166 Å². The first-order valence-corrected chi connectivity index (χ1v) is 10.2. The minimum Gasteiger partial charge on any atom is -0.353 e. The van der Waals surface area contributed by atoms with Crippen LogP contribution in [-0.2, 0) is 16.0 Å². The summed E-state index contributed by atoms with van der Waals surface area (Å²) in [6.45, 7) is 5.57. The molecule has 1 aromatic rings. The molecule has 1 fully saturated rings. The van der Waals surface area contributed by atoms with Gasteiger partial charge in [0.1, 0.15) is 0 Å². The molecule has 1 N–H and O–H groups in total. The third-order valence-corrected chi connectivity index (χ3v) is 6.02. The Morgan fingerprint density at radius 3 is 2.46 bits per heavy atom. The average Bonchev–Trinajstić information content (AvgIpc) is 2.64. The lowest BCUT2D eigenvalue weighted by Crippen LogP contribution is -2.48. The highest BCUT2D eigenvalue weighted by molar-refractivity contribution is 6.42. The maximum absolute atomic E-state index is 12.4. The van der Waals surface area contributed by atoms with Crippen molar-refractivity contribution in [1.82, 2.24) is 10.2 Å². The predicted molar refractivity (Wildman–Crippen MR) is 107 cm³/mol. The number of rotatable bonds is 7. The highest BCUT2D eigenvalue weighted by Gasteiger charge is 2.27. The number of nitrogens with one attached hydrogen (secondary N) is 1. The lowest BCUT2D eigenvalue weighted by atomic mass is 9.98. The van der Waals surface area contributed by atoms with E-state index in [9.17, 15) is 9.59 Å². The van der Waals surface area contributed by atoms with Crippen molar-refractivity contribution in [2.45, 2.75) is 58.4 Å². The monoisotopic (exact) mass is 398 g/mol. The molecule has 0 aromatic heterocycles. The zero-order valence-electron chi connectivity index (χ0n) is 15.6. The number of aryl methyl sites for hydroxylation is 1. The van der Waals surface area contributed by atoms with Gasteiger partial charge in [0.25, 0.3) is 0 Å². The van der Waals surface area contributed by atoms with E-state index in [0.717, 1.165) is 44.3 Å². The van der Waals surface area contributed by atoms with Crippen molar-refractivity contribution in [3.05, 3.63) is 33.8 Å². The molecule has 4 nitrogen and oxygen atoms in total. The Hall–Kier alpha value is -1.26. The second kappa shape index (κ2) is 10.2. The number of piperidine rings is 1. The summed E-state index contributed by atoms with van der Waals surface area (Å²) >= 11 is 12.2. The van der Waals surface area contributed by atoms with Crippen LogP contribution in [0.2, 0.25) is 10.0 Å². The van der Waals surface area contributed by atoms with Crippen LogP contribution in [0.1, 0.15) is 51.5 Å². The van der Waals surface area contributed by atoms with E-state index in [1.807, 2.05) is 17.0 Å². The summed E-state index contributed by atoms with van der Waals surface area (Å²) in [7, 11) is 0. The third kappa shape index (κ3) is 5.62. The van der Waals surface area contributed by atoms with Gasteiger partial charge in [-0.1, -0.05) is 49.2 Å². The molecule has 2 amide bonds. The van der Waals surface area contributed by atoms with Crippen molar-refractivity contribution in [3.8, 4) is 0 Å². The number of carbonyl (C=O) groups excluding carboxylic acids is 2. The minimum absolute atomic E-state index is 0.0193. The van der Waals surface area contributed by atoms with E-state index < -0.39 is 0 Å². The molecule has 26 heavy (non-hydrogen) atoms. The minimum atomic E-state index is 0.0193. The summed E-state index contributed by atoms with van der Waals surface area (Å²) in [6, 6.07) is 5.62. The van der Waals surface area contributed by atoms with Crippen molar-refractivity contribution >= 4 is 35.0 Å². The van der Waals surface area contributed by atoms with Gasteiger partial charge in [0.2, 0.25) is 11.8 Å². The van der Waals surface area contributed by atoms with Crippen LogP contribution in [0.3, 0.4) is 0 Å². The second-order valence-corrected chi connectivity index (χ2v) is 7.68. The molecule has 1 aromatic carbocycles. The van der Waals surface area contributed by atoms with E-state index >= 15 is 0 Å². The molecule has 1 aliphatic rings. The van der Waals surface area contributed by atoms with Crippen LogP contribution in [-0.4, -0.2) is 35.8 Å². The van der Waals surface area contributed by atoms with Crippen LogP contribution in [0.5, 0.6) is 0 Å². The Bertz CT molecular complexity index is 624. The number of nitrogens with zero attached hydrogens (tertiary/aromatic N) is 1. The van der Waals surface area contributed by atoms with Gasteiger partial charge in [0.05, 0.1) is 10.0 Å². The van der Waals surface area contributed by atoms with Gasteiger partial charge < -0.3 is 10.2 Å². The maximum Gasteiger partial charge on any atom is 0.225 e. The molecule has 0 saturated carbocycles. The van der Waals surface area contributed by atoms with Gasteiger partial charge in [-0.2, -0.15) is 0 Å². The predicted octanol–water partition coefficient (Wildman–Crippen LogP) is 4.47. The standard InChI is InChI=1S/C20H28Cl2N2O2/c1-3-14(4-2)20(26)24-12-10-16(11-13-24)23-18(25)9-8-15-6-5-7-17(21)19(15)22/h5-7,14,16H,3-4,8-13H2,1-2H3,(H,23,25). The van der Waals surface area contributed by atoms with Crippen LogP contribution < -0.4 is 5.32 Å². The first kappa shape index (κ1) is 21.0. The Morgan fingerprint density at radius 2 is 1.85 bits per heavy atom. The molecule has 1 saturated heterocycles. The van der Waals surface area contributed by atoms with E-state index in [0.29, 0.717) is 22.9 Å². The fourth-order valence-corrected chi connectivity index (χ4v) is 3.84. The lowest BCUT2D eigenvalue weighted by molar-refractivity contribution is -0.137. The van der Waals surface area contributed by atoms with Gasteiger partial charge in [0.15, 0.2) is 0 Å². The number of carbonyl (C=O) groups is 2. The van der Waals surface area contributed by atoms with Gasteiger partial charge >= 0.3 is 0 Å². The zero-order valence-corrected chi connectivity index (χ0v) is 17.1. The largest absolute Gasteiger partial charge is 0.353 e. The molecule has 0 spiro atoms.